The van der Waals surface area contributed by atoms with E-state index >= 15 is 0 Å². The molecule has 3 aromatic rings. The van der Waals surface area contributed by atoms with Crippen LogP contribution >= 0.6 is 15.9 Å². The number of carbonyl (C=O) groups excluding carboxylic acids is 1. The van der Waals surface area contributed by atoms with Crippen LogP contribution in [0.25, 0.3) is 0 Å². The minimum absolute atomic E-state index is 0.246. The van der Waals surface area contributed by atoms with Gasteiger partial charge >= 0.3 is 0 Å². The number of benzene rings is 3. The van der Waals surface area contributed by atoms with Gasteiger partial charge < -0.3 is 5.32 Å². The first-order valence-electron chi connectivity index (χ1n) is 8.60. The van der Waals surface area contributed by atoms with E-state index in [0.717, 1.165) is 10.0 Å². The van der Waals surface area contributed by atoms with E-state index < -0.39 is 0 Å². The molecule has 28 heavy (non-hydrogen) atoms. The average Bonchev–Trinajstić information content (AvgIpc) is 3.01. The minimum atomic E-state index is -0.367. The van der Waals surface area contributed by atoms with Gasteiger partial charge in [0.15, 0.2) is 0 Å². The fraction of sp³-hybridized carbons (Fsp3) is 0.0455. The first kappa shape index (κ1) is 18.4. The fourth-order valence-corrected chi connectivity index (χ4v) is 3.39. The second-order valence-corrected chi connectivity index (χ2v) is 7.28. The molecule has 0 aromatic heterocycles. The Balaban J connectivity index is 1.72. The van der Waals surface area contributed by atoms with E-state index in [1.807, 2.05) is 30.3 Å². The topological polar surface area (TPSA) is 32.3 Å². The number of nitrogens with zero attached hydrogens (tertiary/aromatic N) is 1. The highest BCUT2D eigenvalue weighted by Crippen LogP contribution is 2.36. The molecular formula is C22H15BrF2N2O. The van der Waals surface area contributed by atoms with Gasteiger partial charge in [0, 0.05) is 15.8 Å². The molecule has 6 heteroatoms. The first-order chi connectivity index (χ1) is 13.5. The standard InChI is InChI=1S/C22H15BrF2N2O/c23-15-3-1-14(2-4-15)21-13-20(26-18-9-5-16(24)6-10-18)22(28)27(21)19-11-7-17(25)8-12-19/h1-13,21,26H. The Morgan fingerprint density at radius 3 is 2.00 bits per heavy atom. The van der Waals surface area contributed by atoms with Crippen molar-refractivity contribution >= 4 is 33.2 Å². The summed E-state index contributed by atoms with van der Waals surface area (Å²) >= 11 is 3.42. The molecule has 3 nitrogen and oxygen atoms in total. The number of anilines is 2. The third kappa shape index (κ3) is 3.68. The number of carbonyl (C=O) groups is 1. The van der Waals surface area contributed by atoms with Gasteiger partial charge in [0.25, 0.3) is 5.91 Å². The minimum Gasteiger partial charge on any atom is -0.351 e. The molecular weight excluding hydrogens is 426 g/mol. The van der Waals surface area contributed by atoms with E-state index in [9.17, 15) is 13.6 Å². The fourth-order valence-electron chi connectivity index (χ4n) is 3.13. The Hall–Kier alpha value is -2.99. The zero-order valence-electron chi connectivity index (χ0n) is 14.6. The van der Waals surface area contributed by atoms with E-state index in [1.165, 1.54) is 24.3 Å². The lowest BCUT2D eigenvalue weighted by molar-refractivity contribution is -0.114. The van der Waals surface area contributed by atoms with Crippen LogP contribution in [0, 0.1) is 11.6 Å². The van der Waals surface area contributed by atoms with Crippen molar-refractivity contribution in [2.45, 2.75) is 6.04 Å². The molecule has 0 saturated carbocycles. The smallest absolute Gasteiger partial charge is 0.275 e. The molecule has 0 spiro atoms. The highest BCUT2D eigenvalue weighted by atomic mass is 79.9. The molecule has 0 saturated heterocycles. The second kappa shape index (κ2) is 7.56. The van der Waals surface area contributed by atoms with Crippen LogP contribution in [-0.2, 0) is 4.79 Å². The van der Waals surface area contributed by atoms with Crippen molar-refractivity contribution in [3.05, 3.63) is 106 Å². The van der Waals surface area contributed by atoms with Crippen LogP contribution in [0.3, 0.4) is 0 Å². The van der Waals surface area contributed by atoms with Crippen molar-refractivity contribution in [3.63, 3.8) is 0 Å². The third-order valence-corrected chi connectivity index (χ3v) is 5.02. The molecule has 1 atom stereocenters. The number of nitrogens with one attached hydrogen (secondary N) is 1. The van der Waals surface area contributed by atoms with Gasteiger partial charge in [0.05, 0.1) is 6.04 Å². The van der Waals surface area contributed by atoms with Crippen molar-refractivity contribution in [1.29, 1.82) is 0 Å². The van der Waals surface area contributed by atoms with E-state index in [2.05, 4.69) is 21.2 Å². The molecule has 140 valence electrons. The molecule has 1 aliphatic rings. The lowest BCUT2D eigenvalue weighted by Gasteiger charge is -2.25. The van der Waals surface area contributed by atoms with E-state index in [1.54, 1.807) is 29.2 Å². The Kier molecular flexibility index (Phi) is 4.96. The predicted octanol–water partition coefficient (Wildman–Crippen LogP) is 5.81. The van der Waals surface area contributed by atoms with Crippen LogP contribution in [0.15, 0.2) is 89.0 Å². The van der Waals surface area contributed by atoms with Crippen LogP contribution in [0.1, 0.15) is 11.6 Å². The molecule has 1 heterocycles. The predicted molar refractivity (Wildman–Crippen MR) is 109 cm³/mol. The Morgan fingerprint density at radius 1 is 0.821 bits per heavy atom. The van der Waals surface area contributed by atoms with Gasteiger partial charge in [0.1, 0.15) is 17.3 Å². The molecule has 0 bridgehead atoms. The quantitative estimate of drug-likeness (QED) is 0.554. The number of halogens is 3. The van der Waals surface area contributed by atoms with Crippen molar-refractivity contribution < 1.29 is 13.6 Å². The molecule has 1 amide bonds. The van der Waals surface area contributed by atoms with Gasteiger partial charge in [-0.3, -0.25) is 9.69 Å². The molecule has 0 radical (unpaired) electrons. The zero-order valence-corrected chi connectivity index (χ0v) is 16.2. The maximum atomic E-state index is 13.4. The SMILES string of the molecule is O=C1C(Nc2ccc(F)cc2)=CC(c2ccc(Br)cc2)N1c1ccc(F)cc1. The first-order valence-corrected chi connectivity index (χ1v) is 9.39. The molecule has 0 aliphatic carbocycles. The van der Waals surface area contributed by atoms with Crippen LogP contribution in [0.4, 0.5) is 20.2 Å². The Morgan fingerprint density at radius 2 is 1.39 bits per heavy atom. The monoisotopic (exact) mass is 440 g/mol. The van der Waals surface area contributed by atoms with E-state index in [-0.39, 0.29) is 23.6 Å². The molecule has 1 aliphatic heterocycles. The lowest BCUT2D eigenvalue weighted by Crippen LogP contribution is -2.30. The maximum absolute atomic E-state index is 13.4. The van der Waals surface area contributed by atoms with Crippen molar-refractivity contribution in [1.82, 2.24) is 0 Å². The number of amides is 1. The summed E-state index contributed by atoms with van der Waals surface area (Å²) in [4.78, 5) is 14.7. The zero-order chi connectivity index (χ0) is 19.7. The van der Waals surface area contributed by atoms with Crippen molar-refractivity contribution in [2.75, 3.05) is 10.2 Å². The van der Waals surface area contributed by atoms with Gasteiger partial charge in [-0.1, -0.05) is 28.1 Å². The Bertz CT molecular complexity index is 1030. The van der Waals surface area contributed by atoms with Crippen molar-refractivity contribution in [2.24, 2.45) is 0 Å². The summed E-state index contributed by atoms with van der Waals surface area (Å²) in [5.74, 6) is -0.963. The normalized spacial score (nSPS) is 16.2. The molecule has 1 unspecified atom stereocenters. The molecule has 1 N–H and O–H groups in total. The van der Waals surface area contributed by atoms with Gasteiger partial charge in [-0.15, -0.1) is 0 Å². The van der Waals surface area contributed by atoms with Crippen LogP contribution in [-0.4, -0.2) is 5.91 Å². The van der Waals surface area contributed by atoms with Gasteiger partial charge in [0.2, 0.25) is 0 Å². The van der Waals surface area contributed by atoms with Gasteiger partial charge in [-0.25, -0.2) is 8.78 Å². The van der Waals surface area contributed by atoms with Crippen LogP contribution in [0.2, 0.25) is 0 Å². The summed E-state index contributed by atoms with van der Waals surface area (Å²) in [5.41, 5.74) is 2.49. The summed E-state index contributed by atoms with van der Waals surface area (Å²) in [6.45, 7) is 0. The molecule has 4 rings (SSSR count). The van der Waals surface area contributed by atoms with Gasteiger partial charge in [-0.05, 0) is 72.3 Å². The highest BCUT2D eigenvalue weighted by Gasteiger charge is 2.34. The molecule has 3 aromatic carbocycles. The largest absolute Gasteiger partial charge is 0.351 e. The second-order valence-electron chi connectivity index (χ2n) is 6.36. The molecule has 0 fully saturated rings. The summed E-state index contributed by atoms with van der Waals surface area (Å²) in [6, 6.07) is 18.9. The lowest BCUT2D eigenvalue weighted by atomic mass is 10.1. The van der Waals surface area contributed by atoms with Crippen LogP contribution < -0.4 is 10.2 Å². The summed E-state index contributed by atoms with van der Waals surface area (Å²) in [6.07, 6.45) is 1.82. The highest BCUT2D eigenvalue weighted by molar-refractivity contribution is 9.10. The van der Waals surface area contributed by atoms with E-state index in [4.69, 9.17) is 0 Å². The van der Waals surface area contributed by atoms with E-state index in [0.29, 0.717) is 17.1 Å². The third-order valence-electron chi connectivity index (χ3n) is 4.49. The van der Waals surface area contributed by atoms with Gasteiger partial charge in [-0.2, -0.15) is 0 Å². The van der Waals surface area contributed by atoms with Crippen LogP contribution in [0.5, 0.6) is 0 Å². The Labute approximate surface area is 169 Å². The maximum Gasteiger partial charge on any atom is 0.275 e. The summed E-state index contributed by atoms with van der Waals surface area (Å²) in [5, 5.41) is 3.06. The number of hydrogen-bond acceptors (Lipinski definition) is 2. The van der Waals surface area contributed by atoms with Crippen molar-refractivity contribution in [3.8, 4) is 0 Å². The summed E-state index contributed by atoms with van der Waals surface area (Å²) < 4.78 is 27.5. The summed E-state index contributed by atoms with van der Waals surface area (Å²) in [7, 11) is 0. The number of rotatable bonds is 4. The number of hydrogen-bond donors (Lipinski definition) is 1. The average molecular weight is 441 g/mol.